The summed E-state index contributed by atoms with van der Waals surface area (Å²) in [5.41, 5.74) is 5.62. The van der Waals surface area contributed by atoms with Crippen LogP contribution in [0.2, 0.25) is 0 Å². The maximum absolute atomic E-state index is 12.0. The summed E-state index contributed by atoms with van der Waals surface area (Å²) in [6.07, 6.45) is 5.51. The lowest BCUT2D eigenvalue weighted by Gasteiger charge is -2.36. The van der Waals surface area contributed by atoms with Crippen molar-refractivity contribution >= 4 is 5.97 Å². The van der Waals surface area contributed by atoms with Gasteiger partial charge in [-0.15, -0.1) is 0 Å². The highest BCUT2D eigenvalue weighted by Crippen LogP contribution is 2.57. The summed E-state index contributed by atoms with van der Waals surface area (Å²) in [7, 11) is 0. The van der Waals surface area contributed by atoms with Crippen LogP contribution in [0.4, 0.5) is 0 Å². The minimum atomic E-state index is -0.384. The van der Waals surface area contributed by atoms with Gasteiger partial charge in [0.1, 0.15) is 5.60 Å². The highest BCUT2D eigenvalue weighted by atomic mass is 16.6. The molecule has 3 atom stereocenters. The normalized spacial score (nSPS) is 36.2. The molecular weight excluding hydrogens is 214 g/mol. The number of carbonyl (C=O) groups is 1. The number of nitrogens with two attached hydrogens (primary N) is 1. The number of rotatable bonds is 3. The Kier molecular flexibility index (Phi) is 3.23. The minimum absolute atomic E-state index is 0.0469. The fourth-order valence-corrected chi connectivity index (χ4v) is 3.76. The maximum atomic E-state index is 12.0. The smallest absolute Gasteiger partial charge is 0.306 e. The van der Waals surface area contributed by atoms with Crippen LogP contribution in [-0.2, 0) is 9.53 Å². The second kappa shape index (κ2) is 4.27. The third kappa shape index (κ3) is 2.65. The lowest BCUT2D eigenvalue weighted by Crippen LogP contribution is -2.39. The van der Waals surface area contributed by atoms with E-state index >= 15 is 0 Å². The van der Waals surface area contributed by atoms with Crippen molar-refractivity contribution in [3.8, 4) is 0 Å². The number of ether oxygens (including phenoxy) is 1. The van der Waals surface area contributed by atoms with E-state index in [0.29, 0.717) is 18.9 Å². The molecule has 0 amide bonds. The summed E-state index contributed by atoms with van der Waals surface area (Å²) in [4.78, 5) is 12.0. The van der Waals surface area contributed by atoms with Crippen LogP contribution in [0.1, 0.15) is 52.9 Å². The Morgan fingerprint density at radius 1 is 1.41 bits per heavy atom. The van der Waals surface area contributed by atoms with Crippen molar-refractivity contribution < 1.29 is 9.53 Å². The monoisotopic (exact) mass is 239 g/mol. The Balaban J connectivity index is 1.99. The fraction of sp³-hybridized carbons (Fsp3) is 0.929. The lowest BCUT2D eigenvalue weighted by atomic mass is 9.71. The van der Waals surface area contributed by atoms with Gasteiger partial charge < -0.3 is 10.5 Å². The highest BCUT2D eigenvalue weighted by molar-refractivity contribution is 5.71. The van der Waals surface area contributed by atoms with Crippen LogP contribution in [0.25, 0.3) is 0 Å². The van der Waals surface area contributed by atoms with Gasteiger partial charge in [0.2, 0.25) is 0 Å². The van der Waals surface area contributed by atoms with Crippen molar-refractivity contribution in [2.24, 2.45) is 23.0 Å². The van der Waals surface area contributed by atoms with Crippen LogP contribution >= 0.6 is 0 Å². The highest BCUT2D eigenvalue weighted by Gasteiger charge is 2.51. The van der Waals surface area contributed by atoms with E-state index in [-0.39, 0.29) is 17.0 Å². The molecule has 2 saturated carbocycles. The second-order valence-electron chi connectivity index (χ2n) is 6.91. The molecule has 0 aromatic heterocycles. The van der Waals surface area contributed by atoms with E-state index in [1.165, 1.54) is 19.3 Å². The van der Waals surface area contributed by atoms with Gasteiger partial charge in [0.15, 0.2) is 0 Å². The molecule has 2 fully saturated rings. The largest absolute Gasteiger partial charge is 0.460 e. The molecule has 0 radical (unpaired) electrons. The van der Waals surface area contributed by atoms with Crippen molar-refractivity contribution in [3.05, 3.63) is 0 Å². The number of carbonyl (C=O) groups excluding carboxylic acids is 1. The van der Waals surface area contributed by atoms with E-state index in [9.17, 15) is 4.79 Å². The van der Waals surface area contributed by atoms with Gasteiger partial charge in [0.25, 0.3) is 0 Å². The average Bonchev–Trinajstić information content (AvgIpc) is 2.74. The van der Waals surface area contributed by atoms with E-state index < -0.39 is 0 Å². The van der Waals surface area contributed by atoms with Gasteiger partial charge in [0, 0.05) is 0 Å². The standard InChI is InChI=1S/C14H25NO2/c1-13(2,3)17-12(16)8-14(9-15)7-10-4-5-11(14)6-10/h10-11H,4-9,15H2,1-3H3. The Morgan fingerprint density at radius 3 is 2.53 bits per heavy atom. The maximum Gasteiger partial charge on any atom is 0.306 e. The summed E-state index contributed by atoms with van der Waals surface area (Å²) in [6, 6.07) is 0. The summed E-state index contributed by atoms with van der Waals surface area (Å²) in [5.74, 6) is 1.39. The van der Waals surface area contributed by atoms with Crippen LogP contribution in [0.3, 0.4) is 0 Å². The first kappa shape index (κ1) is 12.9. The first-order valence-electron chi connectivity index (χ1n) is 6.76. The molecule has 3 unspecified atom stereocenters. The van der Waals surface area contributed by atoms with Crippen LogP contribution in [-0.4, -0.2) is 18.1 Å². The zero-order valence-electron chi connectivity index (χ0n) is 11.3. The second-order valence-corrected chi connectivity index (χ2v) is 6.91. The minimum Gasteiger partial charge on any atom is -0.460 e. The molecule has 2 N–H and O–H groups in total. The van der Waals surface area contributed by atoms with Crippen molar-refractivity contribution in [2.75, 3.05) is 6.54 Å². The number of fused-ring (bicyclic) bond motifs is 2. The van der Waals surface area contributed by atoms with E-state index in [1.807, 2.05) is 20.8 Å². The molecule has 3 heteroatoms. The zero-order chi connectivity index (χ0) is 12.7. The van der Waals surface area contributed by atoms with Gasteiger partial charge in [-0.2, -0.15) is 0 Å². The molecule has 0 aromatic rings. The Bertz CT molecular complexity index is 308. The van der Waals surface area contributed by atoms with Gasteiger partial charge in [-0.25, -0.2) is 0 Å². The van der Waals surface area contributed by atoms with Crippen LogP contribution in [0, 0.1) is 17.3 Å². The molecule has 17 heavy (non-hydrogen) atoms. The van der Waals surface area contributed by atoms with Gasteiger partial charge in [-0.1, -0.05) is 6.42 Å². The molecule has 0 aromatic carbocycles. The van der Waals surface area contributed by atoms with E-state index in [1.54, 1.807) is 0 Å². The predicted octanol–water partition coefficient (Wildman–Crippen LogP) is 2.48. The molecule has 3 nitrogen and oxygen atoms in total. The molecule has 0 spiro atoms. The van der Waals surface area contributed by atoms with Crippen molar-refractivity contribution in [2.45, 2.75) is 58.5 Å². The lowest BCUT2D eigenvalue weighted by molar-refractivity contribution is -0.158. The molecule has 0 saturated heterocycles. The number of hydrogen-bond acceptors (Lipinski definition) is 3. The third-order valence-electron chi connectivity index (χ3n) is 4.43. The third-order valence-corrected chi connectivity index (χ3v) is 4.43. The number of esters is 1. The van der Waals surface area contributed by atoms with Gasteiger partial charge in [-0.05, 0) is 63.8 Å². The Labute approximate surface area is 104 Å². The summed E-state index contributed by atoms with van der Waals surface area (Å²) < 4.78 is 5.44. The summed E-state index contributed by atoms with van der Waals surface area (Å²) in [5, 5.41) is 0. The van der Waals surface area contributed by atoms with E-state index in [4.69, 9.17) is 10.5 Å². The molecular formula is C14H25NO2. The summed E-state index contributed by atoms with van der Waals surface area (Å²) in [6.45, 7) is 6.38. The molecule has 2 aliphatic carbocycles. The predicted molar refractivity (Wildman–Crippen MR) is 67.4 cm³/mol. The van der Waals surface area contributed by atoms with Gasteiger partial charge in [-0.3, -0.25) is 4.79 Å². The van der Waals surface area contributed by atoms with Gasteiger partial charge >= 0.3 is 5.97 Å². The molecule has 0 aliphatic heterocycles. The van der Waals surface area contributed by atoms with Crippen LogP contribution in [0.5, 0.6) is 0 Å². The first-order valence-corrected chi connectivity index (χ1v) is 6.76. The zero-order valence-corrected chi connectivity index (χ0v) is 11.3. The molecule has 0 heterocycles. The molecule has 2 aliphatic rings. The fourth-order valence-electron chi connectivity index (χ4n) is 3.76. The Morgan fingerprint density at radius 2 is 2.12 bits per heavy atom. The van der Waals surface area contributed by atoms with Crippen LogP contribution < -0.4 is 5.73 Å². The topological polar surface area (TPSA) is 52.3 Å². The van der Waals surface area contributed by atoms with Crippen LogP contribution in [0.15, 0.2) is 0 Å². The van der Waals surface area contributed by atoms with E-state index in [0.717, 1.165) is 12.3 Å². The SMILES string of the molecule is CC(C)(C)OC(=O)CC1(CN)CC2CCC1C2. The van der Waals surface area contributed by atoms with Gasteiger partial charge in [0.05, 0.1) is 6.42 Å². The molecule has 98 valence electrons. The first-order chi connectivity index (χ1) is 7.85. The van der Waals surface area contributed by atoms with Crippen molar-refractivity contribution in [1.82, 2.24) is 0 Å². The summed E-state index contributed by atoms with van der Waals surface area (Å²) >= 11 is 0. The quantitative estimate of drug-likeness (QED) is 0.770. The van der Waals surface area contributed by atoms with Crippen molar-refractivity contribution in [3.63, 3.8) is 0 Å². The number of hydrogen-bond donors (Lipinski definition) is 1. The average molecular weight is 239 g/mol. The molecule has 2 rings (SSSR count). The van der Waals surface area contributed by atoms with Crippen molar-refractivity contribution in [1.29, 1.82) is 0 Å². The van der Waals surface area contributed by atoms with E-state index in [2.05, 4.69) is 0 Å². The molecule has 2 bridgehead atoms. The Hall–Kier alpha value is -0.570.